The van der Waals surface area contributed by atoms with Gasteiger partial charge < -0.3 is 25.9 Å². The van der Waals surface area contributed by atoms with E-state index < -0.39 is 0 Å². The standard InChI is InChI=1S/C19H24N8O/c1-12(13-4-5-17-23-8-15(11-28-3)27(17)10-13)25-19-18(21)24-9-16(26-19)14(6-20)7-22-2/h4-10,12H,11,20H2,1-3H3,(H2,21,24)(H,25,26)/t12-/m0/s1. The quantitative estimate of drug-likeness (QED) is 0.535. The molecule has 0 unspecified atom stereocenters. The smallest absolute Gasteiger partial charge is 0.170 e. The number of nitrogens with zero attached hydrogens (tertiary/aromatic N) is 5. The third-order valence-corrected chi connectivity index (χ3v) is 4.29. The molecule has 0 radical (unpaired) electrons. The number of rotatable bonds is 7. The highest BCUT2D eigenvalue weighted by Crippen LogP contribution is 2.23. The van der Waals surface area contributed by atoms with Crippen molar-refractivity contribution in [2.75, 3.05) is 25.2 Å². The number of pyridine rings is 1. The summed E-state index contributed by atoms with van der Waals surface area (Å²) in [6.45, 7) is 2.51. The predicted octanol–water partition coefficient (Wildman–Crippen LogP) is 2.03. The van der Waals surface area contributed by atoms with Gasteiger partial charge in [0, 0.05) is 38.3 Å². The third kappa shape index (κ3) is 3.94. The minimum absolute atomic E-state index is 0.0702. The molecule has 0 aliphatic rings. The van der Waals surface area contributed by atoms with Crippen LogP contribution in [-0.4, -0.2) is 39.7 Å². The van der Waals surface area contributed by atoms with Crippen LogP contribution in [0, 0.1) is 0 Å². The van der Waals surface area contributed by atoms with Crippen LogP contribution in [-0.2, 0) is 11.3 Å². The van der Waals surface area contributed by atoms with Crippen molar-refractivity contribution >= 4 is 29.1 Å². The second kappa shape index (κ2) is 8.49. The van der Waals surface area contributed by atoms with Gasteiger partial charge in [0.05, 0.1) is 36.4 Å². The first-order valence-corrected chi connectivity index (χ1v) is 8.75. The minimum atomic E-state index is -0.0702. The molecule has 0 aliphatic heterocycles. The second-order valence-corrected chi connectivity index (χ2v) is 6.24. The molecule has 0 fully saturated rings. The molecule has 0 saturated heterocycles. The van der Waals surface area contributed by atoms with Crippen LogP contribution in [0.15, 0.2) is 41.9 Å². The molecule has 3 aromatic heterocycles. The summed E-state index contributed by atoms with van der Waals surface area (Å²) in [5.74, 6) is 0.792. The summed E-state index contributed by atoms with van der Waals surface area (Å²) in [5.41, 5.74) is 15.8. The van der Waals surface area contributed by atoms with E-state index in [0.29, 0.717) is 29.5 Å². The highest BCUT2D eigenvalue weighted by Gasteiger charge is 2.13. The lowest BCUT2D eigenvalue weighted by atomic mass is 10.1. The number of methoxy groups -OCH3 is 1. The fraction of sp³-hybridized carbons (Fsp3) is 0.263. The van der Waals surface area contributed by atoms with E-state index in [4.69, 9.17) is 16.2 Å². The van der Waals surface area contributed by atoms with Crippen molar-refractivity contribution in [3.8, 4) is 0 Å². The third-order valence-electron chi connectivity index (χ3n) is 4.29. The summed E-state index contributed by atoms with van der Waals surface area (Å²) in [6.07, 6.45) is 8.46. The maximum Gasteiger partial charge on any atom is 0.170 e. The maximum absolute atomic E-state index is 6.02. The van der Waals surface area contributed by atoms with Gasteiger partial charge in [0.25, 0.3) is 0 Å². The zero-order chi connectivity index (χ0) is 20.1. The predicted molar refractivity (Wildman–Crippen MR) is 111 cm³/mol. The van der Waals surface area contributed by atoms with Crippen molar-refractivity contribution in [3.63, 3.8) is 0 Å². The lowest BCUT2D eigenvalue weighted by molar-refractivity contribution is 0.181. The molecule has 146 valence electrons. The molecule has 0 aromatic carbocycles. The maximum atomic E-state index is 6.02. The summed E-state index contributed by atoms with van der Waals surface area (Å²) in [5, 5.41) is 3.32. The second-order valence-electron chi connectivity index (χ2n) is 6.24. The van der Waals surface area contributed by atoms with Gasteiger partial charge in [-0.15, -0.1) is 0 Å². The van der Waals surface area contributed by atoms with Crippen LogP contribution >= 0.6 is 0 Å². The molecular formula is C19H24N8O. The topological polar surface area (TPSA) is 129 Å². The number of nitrogens with two attached hydrogens (primary N) is 2. The van der Waals surface area contributed by atoms with Crippen LogP contribution in [0.25, 0.3) is 11.2 Å². The first-order valence-electron chi connectivity index (χ1n) is 8.75. The van der Waals surface area contributed by atoms with E-state index in [2.05, 4.69) is 25.3 Å². The van der Waals surface area contributed by atoms with E-state index in [1.807, 2.05) is 35.9 Å². The molecule has 3 aromatic rings. The van der Waals surface area contributed by atoms with Gasteiger partial charge in [0.1, 0.15) is 5.65 Å². The highest BCUT2D eigenvalue weighted by atomic mass is 16.5. The van der Waals surface area contributed by atoms with Crippen molar-refractivity contribution < 1.29 is 4.74 Å². The zero-order valence-corrected chi connectivity index (χ0v) is 16.1. The van der Waals surface area contributed by atoms with Gasteiger partial charge in [-0.05, 0) is 18.6 Å². The molecule has 0 aliphatic carbocycles. The number of ether oxygens (including phenoxy) is 1. The number of allylic oxidation sites excluding steroid dienone is 1. The Morgan fingerprint density at radius 2 is 2.18 bits per heavy atom. The van der Waals surface area contributed by atoms with Crippen molar-refractivity contribution in [3.05, 3.63) is 53.9 Å². The van der Waals surface area contributed by atoms with Gasteiger partial charge in [-0.25, -0.2) is 15.0 Å². The monoisotopic (exact) mass is 380 g/mol. The van der Waals surface area contributed by atoms with E-state index in [0.717, 1.165) is 16.9 Å². The molecule has 3 heterocycles. The summed E-state index contributed by atoms with van der Waals surface area (Å²) in [6, 6.07) is 3.91. The molecular weight excluding hydrogens is 356 g/mol. The normalized spacial score (nSPS) is 13.3. The number of nitrogens with one attached hydrogen (secondary N) is 1. The molecule has 0 saturated carbocycles. The number of imidazole rings is 1. The fourth-order valence-electron chi connectivity index (χ4n) is 2.82. The van der Waals surface area contributed by atoms with Gasteiger partial charge in [-0.3, -0.25) is 4.99 Å². The average molecular weight is 380 g/mol. The lowest BCUT2D eigenvalue weighted by Gasteiger charge is -2.17. The fourth-order valence-corrected chi connectivity index (χ4v) is 2.82. The van der Waals surface area contributed by atoms with E-state index in [-0.39, 0.29) is 6.04 Å². The van der Waals surface area contributed by atoms with Crippen LogP contribution in [0.4, 0.5) is 11.6 Å². The van der Waals surface area contributed by atoms with E-state index in [1.165, 1.54) is 6.20 Å². The summed E-state index contributed by atoms with van der Waals surface area (Å²) in [7, 11) is 3.33. The first-order chi connectivity index (χ1) is 13.6. The number of aromatic nitrogens is 4. The molecule has 3 rings (SSSR count). The van der Waals surface area contributed by atoms with E-state index in [1.54, 1.807) is 26.6 Å². The molecule has 0 spiro atoms. The Morgan fingerprint density at radius 1 is 1.36 bits per heavy atom. The molecule has 0 bridgehead atoms. The van der Waals surface area contributed by atoms with Crippen LogP contribution in [0.3, 0.4) is 0 Å². The van der Waals surface area contributed by atoms with Crippen molar-refractivity contribution in [1.29, 1.82) is 0 Å². The Labute approximate surface area is 163 Å². The molecule has 0 amide bonds. The van der Waals surface area contributed by atoms with Crippen molar-refractivity contribution in [1.82, 2.24) is 19.4 Å². The number of anilines is 2. The molecule has 9 heteroatoms. The Morgan fingerprint density at radius 3 is 2.89 bits per heavy atom. The lowest BCUT2D eigenvalue weighted by Crippen LogP contribution is -2.13. The number of aliphatic imine (C=N–C) groups is 1. The SMILES string of the molecule is CN=CC(=CN)c1cnc(N)c(N[C@@H](C)c2ccc3ncc(COC)n3c2)n1. The largest absolute Gasteiger partial charge is 0.404 e. The summed E-state index contributed by atoms with van der Waals surface area (Å²) >= 11 is 0. The average Bonchev–Trinajstić information content (AvgIpc) is 3.10. The molecule has 28 heavy (non-hydrogen) atoms. The van der Waals surface area contributed by atoms with Crippen LogP contribution < -0.4 is 16.8 Å². The van der Waals surface area contributed by atoms with Crippen molar-refractivity contribution in [2.45, 2.75) is 19.6 Å². The van der Waals surface area contributed by atoms with Gasteiger partial charge in [-0.2, -0.15) is 0 Å². The number of nitrogen functional groups attached to an aromatic ring is 1. The van der Waals surface area contributed by atoms with E-state index >= 15 is 0 Å². The van der Waals surface area contributed by atoms with Gasteiger partial charge in [0.2, 0.25) is 0 Å². The number of fused-ring (bicyclic) bond motifs is 1. The Hall–Kier alpha value is -3.46. The Kier molecular flexibility index (Phi) is 5.85. The van der Waals surface area contributed by atoms with Crippen LogP contribution in [0.2, 0.25) is 0 Å². The van der Waals surface area contributed by atoms with Gasteiger partial charge >= 0.3 is 0 Å². The Bertz CT molecular complexity index is 1020. The van der Waals surface area contributed by atoms with Crippen LogP contribution in [0.5, 0.6) is 0 Å². The molecule has 1 atom stereocenters. The molecule has 5 N–H and O–H groups in total. The zero-order valence-electron chi connectivity index (χ0n) is 16.1. The molecule has 9 nitrogen and oxygen atoms in total. The summed E-state index contributed by atoms with van der Waals surface area (Å²) in [4.78, 5) is 17.1. The first kappa shape index (κ1) is 19.3. The minimum Gasteiger partial charge on any atom is -0.404 e. The van der Waals surface area contributed by atoms with Gasteiger partial charge in [0.15, 0.2) is 11.6 Å². The number of hydrogen-bond donors (Lipinski definition) is 3. The van der Waals surface area contributed by atoms with Crippen molar-refractivity contribution in [2.24, 2.45) is 10.7 Å². The van der Waals surface area contributed by atoms with E-state index in [9.17, 15) is 0 Å². The Balaban J connectivity index is 1.89. The highest BCUT2D eigenvalue weighted by molar-refractivity contribution is 6.08. The van der Waals surface area contributed by atoms with Crippen LogP contribution in [0.1, 0.15) is 29.9 Å². The summed E-state index contributed by atoms with van der Waals surface area (Å²) < 4.78 is 7.24. The number of hydrogen-bond acceptors (Lipinski definition) is 8. The van der Waals surface area contributed by atoms with Gasteiger partial charge in [-0.1, -0.05) is 6.07 Å².